The van der Waals surface area contributed by atoms with Crippen LogP contribution in [-0.4, -0.2) is 13.7 Å². The third-order valence-electron chi connectivity index (χ3n) is 13.1. The van der Waals surface area contributed by atoms with Crippen molar-refractivity contribution in [3.63, 3.8) is 0 Å². The molecule has 10 aromatic carbocycles. The zero-order valence-corrected chi connectivity index (χ0v) is 34.4. The van der Waals surface area contributed by atoms with E-state index in [0.29, 0.717) is 0 Å². The predicted molar refractivity (Wildman–Crippen MR) is 266 cm³/mol. The molecule has 0 saturated carbocycles. The van der Waals surface area contributed by atoms with Crippen LogP contribution in [0, 0.1) is 0 Å². The molecule has 13 rings (SSSR count). The first-order valence-corrected chi connectivity index (χ1v) is 21.7. The maximum Gasteiger partial charge on any atom is 0.0542 e. The molecule has 0 N–H and O–H groups in total. The number of fused-ring (bicyclic) bond motifs is 9. The number of hydrogen-bond donors (Lipinski definition) is 0. The summed E-state index contributed by atoms with van der Waals surface area (Å²) in [5.74, 6) is 0. The Balaban J connectivity index is 0.942. The molecule has 3 heterocycles. The number of aromatic nitrogens is 3. The summed E-state index contributed by atoms with van der Waals surface area (Å²) in [5.41, 5.74) is 17.9. The highest BCUT2D eigenvalue weighted by Gasteiger charge is 2.19. The van der Waals surface area contributed by atoms with E-state index in [2.05, 4.69) is 250 Å². The summed E-state index contributed by atoms with van der Waals surface area (Å²) in [6, 6.07) is 86.4. The molecule has 294 valence electrons. The van der Waals surface area contributed by atoms with Gasteiger partial charge in [0.2, 0.25) is 0 Å². The van der Waals surface area contributed by atoms with Gasteiger partial charge in [0.25, 0.3) is 0 Å². The number of rotatable bonds is 6. The van der Waals surface area contributed by atoms with Crippen molar-refractivity contribution in [1.29, 1.82) is 0 Å². The molecular formula is C60H39N3. The fraction of sp³-hybridized carbons (Fsp3) is 0. The van der Waals surface area contributed by atoms with Crippen molar-refractivity contribution >= 4 is 65.4 Å². The molecule has 0 aliphatic carbocycles. The molecule has 3 nitrogen and oxygen atoms in total. The zero-order chi connectivity index (χ0) is 41.4. The topological polar surface area (TPSA) is 14.8 Å². The Morgan fingerprint density at radius 2 is 0.587 bits per heavy atom. The van der Waals surface area contributed by atoms with E-state index in [1.165, 1.54) is 104 Å². The van der Waals surface area contributed by atoms with Crippen LogP contribution < -0.4 is 0 Å². The lowest BCUT2D eigenvalue weighted by molar-refractivity contribution is 1.17. The summed E-state index contributed by atoms with van der Waals surface area (Å²) in [7, 11) is 0. The van der Waals surface area contributed by atoms with E-state index in [1.807, 2.05) is 0 Å². The van der Waals surface area contributed by atoms with Gasteiger partial charge >= 0.3 is 0 Å². The summed E-state index contributed by atoms with van der Waals surface area (Å²) in [5, 5.41) is 7.44. The van der Waals surface area contributed by atoms with Crippen LogP contribution in [0.25, 0.3) is 116 Å². The fourth-order valence-electron chi connectivity index (χ4n) is 10.2. The lowest BCUT2D eigenvalue weighted by Gasteiger charge is -2.14. The lowest BCUT2D eigenvalue weighted by atomic mass is 10.0. The predicted octanol–water partition coefficient (Wildman–Crippen LogP) is 16.0. The Morgan fingerprint density at radius 3 is 1.19 bits per heavy atom. The highest BCUT2D eigenvalue weighted by atomic mass is 15.0. The highest BCUT2D eigenvalue weighted by molar-refractivity contribution is 6.14. The average molecular weight is 802 g/mol. The van der Waals surface area contributed by atoms with E-state index >= 15 is 0 Å². The maximum absolute atomic E-state index is 2.44. The van der Waals surface area contributed by atoms with Crippen LogP contribution in [0.2, 0.25) is 0 Å². The molecule has 0 amide bonds. The minimum atomic E-state index is 1.15. The van der Waals surface area contributed by atoms with Gasteiger partial charge in [-0.15, -0.1) is 0 Å². The zero-order valence-electron chi connectivity index (χ0n) is 34.4. The second-order valence-corrected chi connectivity index (χ2v) is 16.5. The van der Waals surface area contributed by atoms with Crippen molar-refractivity contribution in [2.75, 3.05) is 0 Å². The monoisotopic (exact) mass is 801 g/mol. The van der Waals surface area contributed by atoms with Crippen molar-refractivity contribution in [2.45, 2.75) is 0 Å². The smallest absolute Gasteiger partial charge is 0.0542 e. The summed E-state index contributed by atoms with van der Waals surface area (Å²) < 4.78 is 7.28. The second-order valence-electron chi connectivity index (χ2n) is 16.5. The Bertz CT molecular complexity index is 3880. The van der Waals surface area contributed by atoms with Crippen molar-refractivity contribution < 1.29 is 0 Å². The van der Waals surface area contributed by atoms with Gasteiger partial charge in [0.15, 0.2) is 0 Å². The lowest BCUT2D eigenvalue weighted by Crippen LogP contribution is -1.98. The number of para-hydroxylation sites is 4. The molecule has 3 heteroatoms. The van der Waals surface area contributed by atoms with Crippen LogP contribution in [0.3, 0.4) is 0 Å². The minimum absolute atomic E-state index is 1.15. The molecule has 0 unspecified atom stereocenters. The molecule has 13 aromatic rings. The van der Waals surface area contributed by atoms with Gasteiger partial charge in [-0.05, 0) is 107 Å². The standard InChI is InChI=1S/C60H39N3/c1-3-15-40(16-4-1)41-27-31-45(32-28-41)61-55-24-12-8-20-48(55)51-37-43(29-34-58(51)61)44-30-35-59-52(38-44)49-21-9-13-25-56(49)62(59)46-33-36-60-53(39-46)50-22-10-14-26-57(50)63(60)54-23-11-7-19-47(54)42-17-5-2-6-18-42/h1-39H. The van der Waals surface area contributed by atoms with E-state index in [0.717, 1.165) is 11.4 Å². The third kappa shape index (κ3) is 5.53. The van der Waals surface area contributed by atoms with Gasteiger partial charge in [0, 0.05) is 49.3 Å². The molecule has 0 atom stereocenters. The van der Waals surface area contributed by atoms with Crippen LogP contribution in [0.15, 0.2) is 237 Å². The van der Waals surface area contributed by atoms with E-state index in [-0.39, 0.29) is 0 Å². The largest absolute Gasteiger partial charge is 0.309 e. The number of nitrogens with zero attached hydrogens (tertiary/aromatic N) is 3. The molecule has 0 aliphatic rings. The van der Waals surface area contributed by atoms with Crippen molar-refractivity contribution in [3.05, 3.63) is 237 Å². The molecule has 0 radical (unpaired) electrons. The van der Waals surface area contributed by atoms with Crippen molar-refractivity contribution in [2.24, 2.45) is 0 Å². The van der Waals surface area contributed by atoms with Gasteiger partial charge in [-0.2, -0.15) is 0 Å². The van der Waals surface area contributed by atoms with Crippen LogP contribution in [0.5, 0.6) is 0 Å². The SMILES string of the molecule is c1ccc(-c2ccc(-n3c4ccccc4c4cc(-c5ccc6c(c5)c5ccccc5n6-c5ccc6c(c5)c5ccccc5n6-c5ccccc5-c5ccccc5)ccc43)cc2)cc1. The summed E-state index contributed by atoms with van der Waals surface area (Å²) in [6.07, 6.45) is 0. The summed E-state index contributed by atoms with van der Waals surface area (Å²) >= 11 is 0. The summed E-state index contributed by atoms with van der Waals surface area (Å²) in [4.78, 5) is 0. The molecule has 63 heavy (non-hydrogen) atoms. The first kappa shape index (κ1) is 35.4. The van der Waals surface area contributed by atoms with Gasteiger partial charge in [-0.25, -0.2) is 0 Å². The second kappa shape index (κ2) is 14.1. The fourth-order valence-corrected chi connectivity index (χ4v) is 10.2. The molecule has 0 aliphatic heterocycles. The maximum atomic E-state index is 2.44. The molecule has 0 bridgehead atoms. The Hall–Kier alpha value is -8.40. The number of benzene rings is 10. The molecule has 0 fully saturated rings. The van der Waals surface area contributed by atoms with Crippen LogP contribution >= 0.6 is 0 Å². The number of hydrogen-bond acceptors (Lipinski definition) is 0. The third-order valence-corrected chi connectivity index (χ3v) is 13.1. The van der Waals surface area contributed by atoms with Gasteiger partial charge in [0.05, 0.1) is 38.8 Å². The van der Waals surface area contributed by atoms with E-state index in [4.69, 9.17) is 0 Å². The van der Waals surface area contributed by atoms with E-state index in [1.54, 1.807) is 0 Å². The van der Waals surface area contributed by atoms with Gasteiger partial charge in [-0.3, -0.25) is 0 Å². The van der Waals surface area contributed by atoms with Crippen molar-refractivity contribution in [3.8, 4) is 50.4 Å². The highest BCUT2D eigenvalue weighted by Crippen LogP contribution is 2.41. The quantitative estimate of drug-likeness (QED) is 0.159. The minimum Gasteiger partial charge on any atom is -0.309 e. The van der Waals surface area contributed by atoms with Crippen molar-refractivity contribution in [1.82, 2.24) is 13.7 Å². The normalized spacial score (nSPS) is 11.8. The van der Waals surface area contributed by atoms with Crippen LogP contribution in [0.4, 0.5) is 0 Å². The Morgan fingerprint density at radius 1 is 0.206 bits per heavy atom. The van der Waals surface area contributed by atoms with Crippen LogP contribution in [0.1, 0.15) is 0 Å². The first-order valence-electron chi connectivity index (χ1n) is 21.7. The average Bonchev–Trinajstić information content (AvgIpc) is 3.99. The van der Waals surface area contributed by atoms with Gasteiger partial charge in [-0.1, -0.05) is 158 Å². The van der Waals surface area contributed by atoms with E-state index < -0.39 is 0 Å². The van der Waals surface area contributed by atoms with Crippen LogP contribution in [-0.2, 0) is 0 Å². The molecular weight excluding hydrogens is 763 g/mol. The van der Waals surface area contributed by atoms with Gasteiger partial charge in [0.1, 0.15) is 0 Å². The first-order chi connectivity index (χ1) is 31.3. The Labute approximate surface area is 364 Å². The van der Waals surface area contributed by atoms with Gasteiger partial charge < -0.3 is 13.7 Å². The Kier molecular flexibility index (Phi) is 7.91. The molecule has 0 saturated heterocycles. The summed E-state index contributed by atoms with van der Waals surface area (Å²) in [6.45, 7) is 0. The van der Waals surface area contributed by atoms with E-state index in [9.17, 15) is 0 Å². The molecule has 0 spiro atoms. The molecule has 3 aromatic heterocycles.